The van der Waals surface area contributed by atoms with E-state index in [-0.39, 0.29) is 0 Å². The fourth-order valence-corrected chi connectivity index (χ4v) is 3.81. The maximum Gasteiger partial charge on any atom is 0.173 e. The van der Waals surface area contributed by atoms with E-state index in [0.29, 0.717) is 10.8 Å². The van der Waals surface area contributed by atoms with Gasteiger partial charge < -0.3 is 10.2 Å². The third kappa shape index (κ3) is 2.45. The number of rotatable bonds is 2. The first kappa shape index (κ1) is 13.9. The average Bonchev–Trinajstić information content (AvgIpc) is 3.01. The van der Waals surface area contributed by atoms with Crippen LogP contribution in [0.3, 0.4) is 0 Å². The van der Waals surface area contributed by atoms with Gasteiger partial charge in [-0.25, -0.2) is 9.97 Å². The second kappa shape index (κ2) is 5.83. The van der Waals surface area contributed by atoms with E-state index in [2.05, 4.69) is 16.3 Å². The number of hydrogen-bond donors (Lipinski definition) is 1. The maximum absolute atomic E-state index is 6.27. The van der Waals surface area contributed by atoms with Crippen LogP contribution in [0.15, 0.2) is 35.7 Å². The molecule has 0 saturated carbocycles. The smallest absolute Gasteiger partial charge is 0.173 e. The Morgan fingerprint density at radius 1 is 1.09 bits per heavy atom. The largest absolute Gasteiger partial charge is 0.353 e. The van der Waals surface area contributed by atoms with Crippen molar-refractivity contribution in [3.05, 3.63) is 40.7 Å². The summed E-state index contributed by atoms with van der Waals surface area (Å²) in [4.78, 5) is 12.8. The van der Waals surface area contributed by atoms with Gasteiger partial charge in [-0.05, 0) is 23.6 Å². The summed E-state index contributed by atoms with van der Waals surface area (Å²) in [5.74, 6) is 1.72. The van der Waals surface area contributed by atoms with Crippen LogP contribution >= 0.6 is 22.9 Å². The molecule has 22 heavy (non-hydrogen) atoms. The molecule has 3 heterocycles. The van der Waals surface area contributed by atoms with Crippen molar-refractivity contribution in [3.63, 3.8) is 0 Å². The molecule has 4 rings (SSSR count). The molecule has 0 amide bonds. The Bertz CT molecular complexity index is 811. The van der Waals surface area contributed by atoms with Crippen LogP contribution < -0.4 is 10.2 Å². The van der Waals surface area contributed by atoms with Crippen molar-refractivity contribution in [3.8, 4) is 10.7 Å². The molecule has 0 aliphatic carbocycles. The van der Waals surface area contributed by atoms with Gasteiger partial charge in [-0.1, -0.05) is 23.7 Å². The number of thiophene rings is 1. The molecule has 4 nitrogen and oxygen atoms in total. The number of nitrogens with one attached hydrogen (secondary N) is 1. The van der Waals surface area contributed by atoms with E-state index in [4.69, 9.17) is 21.6 Å². The van der Waals surface area contributed by atoms with E-state index in [9.17, 15) is 0 Å². The maximum atomic E-state index is 6.27. The second-order valence-corrected chi connectivity index (χ2v) is 6.55. The number of aromatic nitrogens is 2. The lowest BCUT2D eigenvalue weighted by molar-refractivity contribution is 0.586. The highest BCUT2D eigenvalue weighted by Crippen LogP contribution is 2.34. The van der Waals surface area contributed by atoms with Crippen LogP contribution in [0, 0.1) is 0 Å². The Hall–Kier alpha value is -1.69. The minimum absolute atomic E-state index is 0.714. The molecule has 2 aromatic heterocycles. The topological polar surface area (TPSA) is 41.1 Å². The molecule has 1 saturated heterocycles. The van der Waals surface area contributed by atoms with Gasteiger partial charge in [-0.2, -0.15) is 0 Å². The van der Waals surface area contributed by atoms with Crippen molar-refractivity contribution in [1.29, 1.82) is 0 Å². The van der Waals surface area contributed by atoms with Crippen molar-refractivity contribution in [2.24, 2.45) is 0 Å². The summed E-state index contributed by atoms with van der Waals surface area (Å²) >= 11 is 7.85. The number of para-hydroxylation sites is 1. The molecule has 1 fully saturated rings. The summed E-state index contributed by atoms with van der Waals surface area (Å²) in [6.07, 6.45) is 0. The monoisotopic (exact) mass is 330 g/mol. The van der Waals surface area contributed by atoms with E-state index >= 15 is 0 Å². The normalized spacial score (nSPS) is 15.4. The van der Waals surface area contributed by atoms with Gasteiger partial charge in [0.25, 0.3) is 0 Å². The van der Waals surface area contributed by atoms with Crippen molar-refractivity contribution in [2.45, 2.75) is 0 Å². The molecule has 0 bridgehead atoms. The van der Waals surface area contributed by atoms with E-state index in [1.165, 1.54) is 0 Å². The third-order valence-electron chi connectivity index (χ3n) is 3.82. The lowest BCUT2D eigenvalue weighted by Crippen LogP contribution is -2.44. The lowest BCUT2D eigenvalue weighted by atomic mass is 10.2. The molecule has 1 aromatic carbocycles. The minimum Gasteiger partial charge on any atom is -0.353 e. The van der Waals surface area contributed by atoms with Gasteiger partial charge in [-0.15, -0.1) is 11.3 Å². The fraction of sp³-hybridized carbons (Fsp3) is 0.250. The molecular weight excluding hydrogens is 316 g/mol. The molecule has 1 N–H and O–H groups in total. The zero-order valence-corrected chi connectivity index (χ0v) is 13.5. The summed E-state index contributed by atoms with van der Waals surface area (Å²) in [6.45, 7) is 3.87. The number of benzene rings is 1. The van der Waals surface area contributed by atoms with Crippen molar-refractivity contribution >= 4 is 39.7 Å². The third-order valence-corrected chi connectivity index (χ3v) is 5.16. The number of anilines is 1. The molecule has 0 unspecified atom stereocenters. The molecular formula is C16H15ClN4S. The summed E-state index contributed by atoms with van der Waals surface area (Å²) in [6, 6.07) is 10.1. The predicted octanol–water partition coefficient (Wildman–Crippen LogP) is 3.42. The molecule has 0 atom stereocenters. The number of fused-ring (bicyclic) bond motifs is 1. The second-order valence-electron chi connectivity index (χ2n) is 5.22. The standard InChI is InChI=1S/C16H15ClN4S/c17-12-5-10-22-14(12)15-19-13-4-2-1-3-11(13)16(20-15)21-8-6-18-7-9-21/h1-5,10,18H,6-9H2. The highest BCUT2D eigenvalue weighted by atomic mass is 35.5. The Kier molecular flexibility index (Phi) is 3.70. The predicted molar refractivity (Wildman–Crippen MR) is 92.9 cm³/mol. The van der Waals surface area contributed by atoms with Crippen LogP contribution in [-0.2, 0) is 0 Å². The molecule has 1 aliphatic heterocycles. The fourth-order valence-electron chi connectivity index (χ4n) is 2.73. The van der Waals surface area contributed by atoms with Crippen molar-refractivity contribution in [1.82, 2.24) is 15.3 Å². The van der Waals surface area contributed by atoms with Gasteiger partial charge in [-0.3, -0.25) is 0 Å². The first-order valence-corrected chi connectivity index (χ1v) is 8.54. The van der Waals surface area contributed by atoms with Gasteiger partial charge in [0, 0.05) is 31.6 Å². The first-order valence-electron chi connectivity index (χ1n) is 7.29. The highest BCUT2D eigenvalue weighted by molar-refractivity contribution is 7.14. The van der Waals surface area contributed by atoms with Gasteiger partial charge in [0.05, 0.1) is 15.4 Å². The summed E-state index contributed by atoms with van der Waals surface area (Å²) in [7, 11) is 0. The Balaban J connectivity index is 1.91. The number of hydrogen-bond acceptors (Lipinski definition) is 5. The minimum atomic E-state index is 0.714. The van der Waals surface area contributed by atoms with Crippen LogP contribution in [0.2, 0.25) is 5.02 Å². The molecule has 0 spiro atoms. The lowest BCUT2D eigenvalue weighted by Gasteiger charge is -2.29. The Labute approximate surface area is 137 Å². The first-order chi connectivity index (χ1) is 10.8. The zero-order chi connectivity index (χ0) is 14.9. The van der Waals surface area contributed by atoms with Crippen LogP contribution in [0.25, 0.3) is 21.6 Å². The van der Waals surface area contributed by atoms with E-state index < -0.39 is 0 Å². The SMILES string of the molecule is Clc1ccsc1-c1nc(N2CCNCC2)c2ccccc2n1. The number of nitrogens with zero attached hydrogens (tertiary/aromatic N) is 3. The zero-order valence-electron chi connectivity index (χ0n) is 11.9. The van der Waals surface area contributed by atoms with Crippen LogP contribution in [-0.4, -0.2) is 36.1 Å². The number of piperazine rings is 1. The molecule has 0 radical (unpaired) electrons. The van der Waals surface area contributed by atoms with Gasteiger partial charge >= 0.3 is 0 Å². The summed E-state index contributed by atoms with van der Waals surface area (Å²) < 4.78 is 0. The van der Waals surface area contributed by atoms with Crippen LogP contribution in [0.5, 0.6) is 0 Å². The Morgan fingerprint density at radius 2 is 1.91 bits per heavy atom. The van der Waals surface area contributed by atoms with Crippen molar-refractivity contribution in [2.75, 3.05) is 31.1 Å². The van der Waals surface area contributed by atoms with E-state index in [1.54, 1.807) is 11.3 Å². The molecule has 3 aromatic rings. The van der Waals surface area contributed by atoms with Gasteiger partial charge in [0.2, 0.25) is 0 Å². The van der Waals surface area contributed by atoms with E-state index in [0.717, 1.165) is 47.8 Å². The van der Waals surface area contributed by atoms with Gasteiger partial charge in [0.1, 0.15) is 5.82 Å². The average molecular weight is 331 g/mol. The molecule has 1 aliphatic rings. The Morgan fingerprint density at radius 3 is 2.68 bits per heavy atom. The van der Waals surface area contributed by atoms with Crippen molar-refractivity contribution < 1.29 is 0 Å². The quantitative estimate of drug-likeness (QED) is 0.781. The van der Waals surface area contributed by atoms with E-state index in [1.807, 2.05) is 29.6 Å². The molecule has 6 heteroatoms. The number of halogens is 1. The molecule has 112 valence electrons. The highest BCUT2D eigenvalue weighted by Gasteiger charge is 2.18. The van der Waals surface area contributed by atoms with Gasteiger partial charge in [0.15, 0.2) is 5.82 Å². The summed E-state index contributed by atoms with van der Waals surface area (Å²) in [5.41, 5.74) is 0.963. The van der Waals surface area contributed by atoms with Crippen LogP contribution in [0.4, 0.5) is 5.82 Å². The summed E-state index contributed by atoms with van der Waals surface area (Å²) in [5, 5.41) is 7.16. The van der Waals surface area contributed by atoms with Crippen LogP contribution in [0.1, 0.15) is 0 Å².